The molecule has 0 spiro atoms. The predicted octanol–water partition coefficient (Wildman–Crippen LogP) is 2.46. The molecule has 2 aromatic heterocycles. The molecule has 0 saturated heterocycles. The molecule has 5 heteroatoms. The van der Waals surface area contributed by atoms with E-state index in [0.717, 1.165) is 28.1 Å². The molecule has 5 nitrogen and oxygen atoms in total. The van der Waals surface area contributed by atoms with Gasteiger partial charge in [-0.1, -0.05) is 12.1 Å². The lowest BCUT2D eigenvalue weighted by Crippen LogP contribution is -2.04. The number of amides is 1. The van der Waals surface area contributed by atoms with Crippen molar-refractivity contribution in [2.75, 3.05) is 5.32 Å². The lowest BCUT2D eigenvalue weighted by molar-refractivity contribution is -0.110. The Kier molecular flexibility index (Phi) is 2.41. The Labute approximate surface area is 121 Å². The standard InChI is InChI=1S/C16H12N4O/c1-20-14-5-3-2-4-12(14)18-15(20)8-11-10-6-7-17-9-13(10)19-16(11)21/h2-9H,1H3,(H,19,21). The smallest absolute Gasteiger partial charge is 0.256 e. The van der Waals surface area contributed by atoms with Gasteiger partial charge in [-0.25, -0.2) is 4.98 Å². The summed E-state index contributed by atoms with van der Waals surface area (Å²) in [5, 5.41) is 2.81. The van der Waals surface area contributed by atoms with Gasteiger partial charge >= 0.3 is 0 Å². The zero-order chi connectivity index (χ0) is 14.4. The first kappa shape index (κ1) is 11.8. The highest BCUT2D eigenvalue weighted by Crippen LogP contribution is 2.32. The van der Waals surface area contributed by atoms with Gasteiger partial charge in [0.25, 0.3) is 5.91 Å². The summed E-state index contributed by atoms with van der Waals surface area (Å²) in [5.74, 6) is 0.635. The fourth-order valence-corrected chi connectivity index (χ4v) is 2.61. The molecule has 3 aromatic rings. The van der Waals surface area contributed by atoms with E-state index in [1.807, 2.05) is 48.0 Å². The highest BCUT2D eigenvalue weighted by Gasteiger charge is 2.24. The first-order valence-electron chi connectivity index (χ1n) is 6.63. The summed E-state index contributed by atoms with van der Waals surface area (Å²) in [5.41, 5.74) is 4.18. The van der Waals surface area contributed by atoms with Crippen molar-refractivity contribution in [1.82, 2.24) is 14.5 Å². The van der Waals surface area contributed by atoms with E-state index in [2.05, 4.69) is 15.3 Å². The van der Waals surface area contributed by atoms with Crippen LogP contribution >= 0.6 is 0 Å². The van der Waals surface area contributed by atoms with E-state index in [9.17, 15) is 4.79 Å². The third-order valence-corrected chi connectivity index (χ3v) is 3.70. The summed E-state index contributed by atoms with van der Waals surface area (Å²) < 4.78 is 1.98. The van der Waals surface area contributed by atoms with Crippen molar-refractivity contribution in [3.05, 3.63) is 54.1 Å². The van der Waals surface area contributed by atoms with Crippen LogP contribution in [-0.2, 0) is 11.8 Å². The number of pyridine rings is 1. The Morgan fingerprint density at radius 1 is 1.24 bits per heavy atom. The average Bonchev–Trinajstić information content (AvgIpc) is 2.99. The number of para-hydroxylation sites is 2. The largest absolute Gasteiger partial charge is 0.328 e. The third-order valence-electron chi connectivity index (χ3n) is 3.70. The minimum atomic E-state index is -0.120. The molecule has 1 aliphatic rings. The normalized spacial score (nSPS) is 15.5. The van der Waals surface area contributed by atoms with E-state index < -0.39 is 0 Å². The number of nitrogens with one attached hydrogen (secondary N) is 1. The Hall–Kier alpha value is -2.95. The molecular formula is C16H12N4O. The molecular weight excluding hydrogens is 264 g/mol. The number of carbonyl (C=O) groups is 1. The van der Waals surface area contributed by atoms with Gasteiger partial charge in [0.15, 0.2) is 0 Å². The van der Waals surface area contributed by atoms with Crippen LogP contribution in [0.2, 0.25) is 0 Å². The number of hydrogen-bond donors (Lipinski definition) is 1. The van der Waals surface area contributed by atoms with Crippen molar-refractivity contribution in [3.63, 3.8) is 0 Å². The first-order valence-corrected chi connectivity index (χ1v) is 6.63. The third kappa shape index (κ3) is 1.74. The molecule has 0 aliphatic carbocycles. The fourth-order valence-electron chi connectivity index (χ4n) is 2.61. The van der Waals surface area contributed by atoms with Gasteiger partial charge in [0.05, 0.1) is 28.5 Å². The Bertz CT molecular complexity index is 908. The predicted molar refractivity (Wildman–Crippen MR) is 81.5 cm³/mol. The number of nitrogens with zero attached hydrogens (tertiary/aromatic N) is 3. The average molecular weight is 276 g/mol. The van der Waals surface area contributed by atoms with E-state index in [-0.39, 0.29) is 5.91 Å². The minimum Gasteiger partial charge on any atom is -0.328 e. The summed E-state index contributed by atoms with van der Waals surface area (Å²) >= 11 is 0. The van der Waals surface area contributed by atoms with E-state index in [1.54, 1.807) is 12.4 Å². The number of benzene rings is 1. The number of aromatic nitrogens is 3. The number of hydrogen-bond acceptors (Lipinski definition) is 3. The molecule has 4 rings (SSSR count). The van der Waals surface area contributed by atoms with E-state index in [1.165, 1.54) is 0 Å². The van der Waals surface area contributed by atoms with Crippen molar-refractivity contribution in [2.45, 2.75) is 0 Å². The quantitative estimate of drug-likeness (QED) is 0.694. The van der Waals surface area contributed by atoms with Gasteiger partial charge in [-0.15, -0.1) is 0 Å². The van der Waals surface area contributed by atoms with Crippen molar-refractivity contribution in [2.24, 2.45) is 7.05 Å². The van der Waals surface area contributed by atoms with Crippen LogP contribution in [0, 0.1) is 0 Å². The number of anilines is 1. The Balaban J connectivity index is 1.91. The molecule has 21 heavy (non-hydrogen) atoms. The van der Waals surface area contributed by atoms with Gasteiger partial charge in [0.2, 0.25) is 0 Å². The molecule has 0 atom stereocenters. The fraction of sp³-hybridized carbons (Fsp3) is 0.0625. The second-order valence-corrected chi connectivity index (χ2v) is 4.95. The molecule has 0 bridgehead atoms. The summed E-state index contributed by atoms with van der Waals surface area (Å²) in [6, 6.07) is 9.74. The second kappa shape index (κ2) is 4.28. The number of imidazole rings is 1. The SMILES string of the molecule is Cn1c(C=C2C(=O)Nc3cnccc32)nc2ccccc21. The molecule has 1 aliphatic heterocycles. The number of fused-ring (bicyclic) bond motifs is 2. The Morgan fingerprint density at radius 2 is 2.10 bits per heavy atom. The molecule has 1 amide bonds. The van der Waals surface area contributed by atoms with Crippen LogP contribution < -0.4 is 5.32 Å². The van der Waals surface area contributed by atoms with Crippen LogP contribution in [-0.4, -0.2) is 20.4 Å². The lowest BCUT2D eigenvalue weighted by atomic mass is 10.1. The highest BCUT2D eigenvalue weighted by molar-refractivity contribution is 6.34. The summed E-state index contributed by atoms with van der Waals surface area (Å²) in [6.07, 6.45) is 5.16. The van der Waals surface area contributed by atoms with Gasteiger partial charge < -0.3 is 9.88 Å². The van der Waals surface area contributed by atoms with Gasteiger partial charge in [0.1, 0.15) is 5.82 Å². The molecule has 0 unspecified atom stereocenters. The summed E-state index contributed by atoms with van der Waals surface area (Å²) in [6.45, 7) is 0. The topological polar surface area (TPSA) is 59.8 Å². The van der Waals surface area contributed by atoms with E-state index in [4.69, 9.17) is 0 Å². The molecule has 0 fully saturated rings. The minimum absolute atomic E-state index is 0.120. The molecule has 0 radical (unpaired) electrons. The van der Waals surface area contributed by atoms with Crippen LogP contribution in [0.1, 0.15) is 11.4 Å². The van der Waals surface area contributed by atoms with Crippen molar-refractivity contribution < 1.29 is 4.79 Å². The molecule has 1 aromatic carbocycles. The maximum Gasteiger partial charge on any atom is 0.256 e. The van der Waals surface area contributed by atoms with Crippen LogP contribution in [0.4, 0.5) is 5.69 Å². The number of aryl methyl sites for hydroxylation is 1. The van der Waals surface area contributed by atoms with Gasteiger partial charge in [-0.05, 0) is 24.3 Å². The number of rotatable bonds is 1. The van der Waals surface area contributed by atoms with Gasteiger partial charge in [0, 0.05) is 18.8 Å². The van der Waals surface area contributed by atoms with Crippen molar-refractivity contribution in [3.8, 4) is 0 Å². The zero-order valence-corrected chi connectivity index (χ0v) is 11.4. The summed E-state index contributed by atoms with van der Waals surface area (Å²) in [4.78, 5) is 20.7. The molecule has 3 heterocycles. The van der Waals surface area contributed by atoms with Gasteiger partial charge in [-0.2, -0.15) is 0 Å². The molecule has 102 valence electrons. The van der Waals surface area contributed by atoms with Crippen LogP contribution in [0.3, 0.4) is 0 Å². The van der Waals surface area contributed by atoms with Crippen LogP contribution in [0.15, 0.2) is 42.7 Å². The van der Waals surface area contributed by atoms with E-state index >= 15 is 0 Å². The molecule has 1 N–H and O–H groups in total. The van der Waals surface area contributed by atoms with Gasteiger partial charge in [-0.3, -0.25) is 9.78 Å². The highest BCUT2D eigenvalue weighted by atomic mass is 16.2. The summed E-state index contributed by atoms with van der Waals surface area (Å²) in [7, 11) is 1.95. The monoisotopic (exact) mass is 276 g/mol. The lowest BCUT2D eigenvalue weighted by Gasteiger charge is -1.99. The van der Waals surface area contributed by atoms with Crippen molar-refractivity contribution >= 4 is 34.3 Å². The Morgan fingerprint density at radius 3 is 2.95 bits per heavy atom. The van der Waals surface area contributed by atoms with Crippen LogP contribution in [0.5, 0.6) is 0 Å². The zero-order valence-electron chi connectivity index (χ0n) is 11.4. The maximum absolute atomic E-state index is 12.1. The first-order chi connectivity index (χ1) is 10.2. The number of carbonyl (C=O) groups excluding carboxylic acids is 1. The second-order valence-electron chi connectivity index (χ2n) is 4.95. The van der Waals surface area contributed by atoms with E-state index in [0.29, 0.717) is 5.57 Å². The van der Waals surface area contributed by atoms with Crippen LogP contribution in [0.25, 0.3) is 22.7 Å². The molecule has 0 saturated carbocycles. The maximum atomic E-state index is 12.1. The van der Waals surface area contributed by atoms with Crippen molar-refractivity contribution in [1.29, 1.82) is 0 Å².